The Hall–Kier alpha value is -2.49. The summed E-state index contributed by atoms with van der Waals surface area (Å²) in [6.45, 7) is 0. The van der Waals surface area contributed by atoms with E-state index in [2.05, 4.69) is 15.0 Å². The second kappa shape index (κ2) is 3.83. The van der Waals surface area contributed by atoms with E-state index in [0.29, 0.717) is 5.82 Å². The number of fused-ring (bicyclic) bond motifs is 1. The van der Waals surface area contributed by atoms with Crippen LogP contribution in [-0.4, -0.2) is 15.0 Å². The summed E-state index contributed by atoms with van der Waals surface area (Å²) in [6, 6.07) is 7.66. The molecule has 0 bridgehead atoms. The van der Waals surface area contributed by atoms with Crippen molar-refractivity contribution in [3.63, 3.8) is 0 Å². The normalized spacial score (nSPS) is 10.6. The molecule has 0 saturated heterocycles. The van der Waals surface area contributed by atoms with Gasteiger partial charge >= 0.3 is 0 Å². The van der Waals surface area contributed by atoms with E-state index in [9.17, 15) is 0 Å². The van der Waals surface area contributed by atoms with Crippen LogP contribution in [0.15, 0.2) is 49.1 Å². The molecule has 0 saturated carbocycles. The minimum absolute atomic E-state index is 0.525. The van der Waals surface area contributed by atoms with Crippen molar-refractivity contribution in [2.45, 2.75) is 0 Å². The first-order chi connectivity index (χ1) is 8.34. The minimum Gasteiger partial charge on any atom is -0.383 e. The highest BCUT2D eigenvalue weighted by molar-refractivity contribution is 5.92. The molecule has 3 rings (SSSR count). The zero-order valence-electron chi connectivity index (χ0n) is 9.04. The third-order valence-corrected chi connectivity index (χ3v) is 2.64. The Morgan fingerprint density at radius 2 is 1.71 bits per heavy atom. The van der Waals surface area contributed by atoms with Crippen LogP contribution in [0, 0.1) is 0 Å². The quantitative estimate of drug-likeness (QED) is 0.686. The van der Waals surface area contributed by atoms with Crippen LogP contribution >= 0.6 is 0 Å². The molecule has 82 valence electrons. The number of anilines is 1. The van der Waals surface area contributed by atoms with Crippen LogP contribution in [0.25, 0.3) is 22.0 Å². The molecule has 0 radical (unpaired) electrons. The zero-order valence-corrected chi connectivity index (χ0v) is 9.04. The molecular weight excluding hydrogens is 212 g/mol. The fraction of sp³-hybridized carbons (Fsp3) is 0. The lowest BCUT2D eigenvalue weighted by molar-refractivity contribution is 1.29. The number of hydrogen-bond acceptors (Lipinski definition) is 4. The maximum absolute atomic E-state index is 5.94. The summed E-state index contributed by atoms with van der Waals surface area (Å²) in [5.74, 6) is 0.525. The minimum atomic E-state index is 0.525. The van der Waals surface area contributed by atoms with E-state index >= 15 is 0 Å². The van der Waals surface area contributed by atoms with Gasteiger partial charge in [-0.3, -0.25) is 9.97 Å². The summed E-state index contributed by atoms with van der Waals surface area (Å²) in [4.78, 5) is 12.5. The Kier molecular flexibility index (Phi) is 2.19. The molecule has 0 aliphatic carbocycles. The molecule has 0 unspecified atom stereocenters. The van der Waals surface area contributed by atoms with Gasteiger partial charge in [0.15, 0.2) is 0 Å². The van der Waals surface area contributed by atoms with Gasteiger partial charge in [-0.1, -0.05) is 0 Å². The van der Waals surface area contributed by atoms with Crippen LogP contribution in [0.1, 0.15) is 0 Å². The van der Waals surface area contributed by atoms with Gasteiger partial charge in [0, 0.05) is 41.1 Å². The Bertz CT molecular complexity index is 665. The molecule has 0 aliphatic rings. The van der Waals surface area contributed by atoms with Crippen LogP contribution in [0.2, 0.25) is 0 Å². The van der Waals surface area contributed by atoms with Gasteiger partial charge in [-0.25, -0.2) is 4.98 Å². The van der Waals surface area contributed by atoms with Crippen molar-refractivity contribution in [3.05, 3.63) is 49.1 Å². The predicted octanol–water partition coefficient (Wildman–Crippen LogP) is 2.27. The molecule has 3 aromatic heterocycles. The molecule has 4 heteroatoms. The number of aromatic nitrogens is 3. The second-order valence-corrected chi connectivity index (χ2v) is 3.73. The van der Waals surface area contributed by atoms with Crippen molar-refractivity contribution >= 4 is 16.6 Å². The van der Waals surface area contributed by atoms with Gasteiger partial charge in [-0.2, -0.15) is 0 Å². The summed E-state index contributed by atoms with van der Waals surface area (Å²) in [7, 11) is 0. The number of rotatable bonds is 1. The molecule has 3 aromatic rings. The molecule has 0 aromatic carbocycles. The number of hydrogen-bond donors (Lipinski definition) is 1. The van der Waals surface area contributed by atoms with Gasteiger partial charge in [-0.15, -0.1) is 0 Å². The molecular formula is C13H10N4. The fourth-order valence-corrected chi connectivity index (χ4v) is 1.80. The average Bonchev–Trinajstić information content (AvgIpc) is 2.40. The topological polar surface area (TPSA) is 64.7 Å². The summed E-state index contributed by atoms with van der Waals surface area (Å²) in [6.07, 6.45) is 6.98. The van der Waals surface area contributed by atoms with Gasteiger partial charge in [0.2, 0.25) is 0 Å². The predicted molar refractivity (Wildman–Crippen MR) is 67.2 cm³/mol. The highest BCUT2D eigenvalue weighted by Crippen LogP contribution is 2.24. The third kappa shape index (κ3) is 1.69. The van der Waals surface area contributed by atoms with Crippen LogP contribution in [0.4, 0.5) is 5.82 Å². The first-order valence-electron chi connectivity index (χ1n) is 5.25. The van der Waals surface area contributed by atoms with Crippen LogP contribution in [0.5, 0.6) is 0 Å². The molecule has 17 heavy (non-hydrogen) atoms. The molecule has 0 aliphatic heterocycles. The molecule has 0 atom stereocenters. The summed E-state index contributed by atoms with van der Waals surface area (Å²) in [5.41, 5.74) is 7.78. The largest absolute Gasteiger partial charge is 0.383 e. The van der Waals surface area contributed by atoms with E-state index in [0.717, 1.165) is 22.0 Å². The first-order valence-corrected chi connectivity index (χ1v) is 5.25. The molecule has 3 heterocycles. The van der Waals surface area contributed by atoms with Crippen LogP contribution in [0.3, 0.4) is 0 Å². The SMILES string of the molecule is Nc1nc(-c2ccncc2)cc2cnccc12. The Morgan fingerprint density at radius 1 is 0.941 bits per heavy atom. The maximum Gasteiger partial charge on any atom is 0.132 e. The van der Waals surface area contributed by atoms with E-state index in [-0.39, 0.29) is 0 Å². The van der Waals surface area contributed by atoms with Gasteiger partial charge in [0.25, 0.3) is 0 Å². The summed E-state index contributed by atoms with van der Waals surface area (Å²) >= 11 is 0. The Labute approximate surface area is 98.2 Å². The lowest BCUT2D eigenvalue weighted by atomic mass is 10.1. The number of nitrogens with two attached hydrogens (primary N) is 1. The van der Waals surface area contributed by atoms with Crippen molar-refractivity contribution in [2.24, 2.45) is 0 Å². The lowest BCUT2D eigenvalue weighted by Crippen LogP contribution is -1.94. The highest BCUT2D eigenvalue weighted by Gasteiger charge is 2.04. The third-order valence-electron chi connectivity index (χ3n) is 2.64. The molecule has 0 spiro atoms. The van der Waals surface area contributed by atoms with Crippen molar-refractivity contribution in [1.29, 1.82) is 0 Å². The van der Waals surface area contributed by atoms with Crippen LogP contribution in [-0.2, 0) is 0 Å². The van der Waals surface area contributed by atoms with Gasteiger partial charge in [0.05, 0.1) is 5.69 Å². The van der Waals surface area contributed by atoms with Crippen molar-refractivity contribution in [3.8, 4) is 11.3 Å². The van der Waals surface area contributed by atoms with Crippen LogP contribution < -0.4 is 5.73 Å². The summed E-state index contributed by atoms with van der Waals surface area (Å²) in [5, 5.41) is 1.92. The standard InChI is InChI=1S/C13H10N4/c14-13-11-3-6-16-8-10(11)7-12(17-13)9-1-4-15-5-2-9/h1-8H,(H2,14,17). The van der Waals surface area contributed by atoms with Crippen molar-refractivity contribution in [2.75, 3.05) is 5.73 Å². The average molecular weight is 222 g/mol. The maximum atomic E-state index is 5.94. The summed E-state index contributed by atoms with van der Waals surface area (Å²) < 4.78 is 0. The first kappa shape index (κ1) is 9.72. The monoisotopic (exact) mass is 222 g/mol. The van der Waals surface area contributed by atoms with E-state index in [1.165, 1.54) is 0 Å². The van der Waals surface area contributed by atoms with E-state index in [4.69, 9.17) is 5.73 Å². The number of pyridine rings is 3. The van der Waals surface area contributed by atoms with E-state index in [1.54, 1.807) is 24.8 Å². The molecule has 2 N–H and O–H groups in total. The Balaban J connectivity index is 2.26. The van der Waals surface area contributed by atoms with Gasteiger partial charge in [-0.05, 0) is 24.3 Å². The lowest BCUT2D eigenvalue weighted by Gasteiger charge is -2.05. The van der Waals surface area contributed by atoms with Crippen molar-refractivity contribution < 1.29 is 0 Å². The van der Waals surface area contributed by atoms with E-state index in [1.807, 2.05) is 24.3 Å². The Morgan fingerprint density at radius 3 is 2.53 bits per heavy atom. The number of nitrogen functional groups attached to an aromatic ring is 1. The highest BCUT2D eigenvalue weighted by atomic mass is 14.8. The van der Waals surface area contributed by atoms with Gasteiger partial charge < -0.3 is 5.73 Å². The zero-order chi connectivity index (χ0) is 11.7. The second-order valence-electron chi connectivity index (χ2n) is 3.73. The smallest absolute Gasteiger partial charge is 0.132 e. The van der Waals surface area contributed by atoms with E-state index < -0.39 is 0 Å². The van der Waals surface area contributed by atoms with Crippen molar-refractivity contribution in [1.82, 2.24) is 15.0 Å². The molecule has 0 fully saturated rings. The number of nitrogens with zero attached hydrogens (tertiary/aromatic N) is 3. The fourth-order valence-electron chi connectivity index (χ4n) is 1.80. The van der Waals surface area contributed by atoms with Gasteiger partial charge in [0.1, 0.15) is 5.82 Å². The molecule has 4 nitrogen and oxygen atoms in total. The molecule has 0 amide bonds.